The summed E-state index contributed by atoms with van der Waals surface area (Å²) in [6, 6.07) is 16.2. The number of hydrogen-bond donors (Lipinski definition) is 1. The van der Waals surface area contributed by atoms with Crippen molar-refractivity contribution in [3.63, 3.8) is 0 Å². The van der Waals surface area contributed by atoms with Crippen molar-refractivity contribution in [1.29, 1.82) is 0 Å². The fourth-order valence-corrected chi connectivity index (χ4v) is 5.20. The van der Waals surface area contributed by atoms with E-state index in [1.807, 2.05) is 71.0 Å². The van der Waals surface area contributed by atoms with Gasteiger partial charge in [0.05, 0.1) is 24.2 Å². The molecule has 3 heterocycles. The fraction of sp³-hybridized carbons (Fsp3) is 0.407. The molecule has 1 N–H and O–H groups in total. The number of para-hydroxylation sites is 2. The molecule has 0 bridgehead atoms. The van der Waals surface area contributed by atoms with Gasteiger partial charge < -0.3 is 14.6 Å². The number of nitrogens with zero attached hydrogens (tertiary/aromatic N) is 3. The molecule has 1 fully saturated rings. The molecule has 7 heteroatoms. The average molecular weight is 481 g/mol. The fourth-order valence-electron chi connectivity index (χ4n) is 4.10. The zero-order chi connectivity index (χ0) is 24.5. The molecular weight excluding hydrogens is 444 g/mol. The molecule has 34 heavy (non-hydrogen) atoms. The van der Waals surface area contributed by atoms with Gasteiger partial charge >= 0.3 is 0 Å². The second kappa shape index (κ2) is 12.5. The molecule has 4 aromatic rings. The molecular formula is C27H36N4O2S. The molecule has 1 aliphatic rings. The van der Waals surface area contributed by atoms with Crippen LogP contribution in [0, 0.1) is 0 Å². The molecule has 0 radical (unpaired) electrons. The van der Waals surface area contributed by atoms with Crippen LogP contribution in [0.4, 0.5) is 5.69 Å². The number of hydrogen-bond acceptors (Lipinski definition) is 6. The Hall–Kier alpha value is -2.90. The number of nitrogens with one attached hydrogen (secondary N) is 1. The van der Waals surface area contributed by atoms with Crippen molar-refractivity contribution in [2.24, 2.45) is 0 Å². The maximum atomic E-state index is 12.7. The molecule has 1 saturated heterocycles. The Kier molecular flexibility index (Phi) is 9.48. The van der Waals surface area contributed by atoms with Crippen molar-refractivity contribution in [3.8, 4) is 5.75 Å². The molecule has 0 saturated carbocycles. The topological polar surface area (TPSA) is 61.5 Å². The van der Waals surface area contributed by atoms with Crippen molar-refractivity contribution in [3.05, 3.63) is 64.7 Å². The SMILES string of the molecule is CC.CC.CCOc1ccccc1N1CCN(Cc2nc3sc4ccccc4c3c(=O)[nH]2)CC1. The number of aromatic amines is 1. The summed E-state index contributed by atoms with van der Waals surface area (Å²) in [7, 11) is 0. The predicted octanol–water partition coefficient (Wildman–Crippen LogP) is 5.91. The van der Waals surface area contributed by atoms with Crippen molar-refractivity contribution in [2.75, 3.05) is 37.7 Å². The lowest BCUT2D eigenvalue weighted by Gasteiger charge is -2.36. The minimum absolute atomic E-state index is 0.0447. The number of rotatable bonds is 5. The number of aromatic nitrogens is 2. The number of benzene rings is 2. The van der Waals surface area contributed by atoms with Gasteiger partial charge in [-0.3, -0.25) is 9.69 Å². The largest absolute Gasteiger partial charge is 0.492 e. The highest BCUT2D eigenvalue weighted by Crippen LogP contribution is 2.31. The summed E-state index contributed by atoms with van der Waals surface area (Å²) < 4.78 is 6.89. The Morgan fingerprint density at radius 2 is 1.65 bits per heavy atom. The van der Waals surface area contributed by atoms with Crippen molar-refractivity contribution in [1.82, 2.24) is 14.9 Å². The Bertz CT molecular complexity index is 1240. The Morgan fingerprint density at radius 1 is 0.971 bits per heavy atom. The Morgan fingerprint density at radius 3 is 2.38 bits per heavy atom. The zero-order valence-corrected chi connectivity index (χ0v) is 21.7. The second-order valence-corrected chi connectivity index (χ2v) is 8.49. The highest BCUT2D eigenvalue weighted by Gasteiger charge is 2.21. The third-order valence-electron chi connectivity index (χ3n) is 5.55. The van der Waals surface area contributed by atoms with Crippen LogP contribution in [-0.2, 0) is 6.54 Å². The smallest absolute Gasteiger partial charge is 0.260 e. The molecule has 5 rings (SSSR count). The highest BCUT2D eigenvalue weighted by atomic mass is 32.1. The second-order valence-electron chi connectivity index (χ2n) is 7.45. The van der Waals surface area contributed by atoms with Gasteiger partial charge in [-0.15, -0.1) is 11.3 Å². The van der Waals surface area contributed by atoms with E-state index in [0.29, 0.717) is 18.5 Å². The van der Waals surface area contributed by atoms with E-state index in [2.05, 4.69) is 26.9 Å². The van der Waals surface area contributed by atoms with Crippen LogP contribution in [0.1, 0.15) is 40.4 Å². The lowest BCUT2D eigenvalue weighted by atomic mass is 10.2. The minimum Gasteiger partial charge on any atom is -0.492 e. The number of anilines is 1. The molecule has 0 atom stereocenters. The first kappa shape index (κ1) is 25.7. The highest BCUT2D eigenvalue weighted by molar-refractivity contribution is 7.25. The summed E-state index contributed by atoms with van der Waals surface area (Å²) in [6.45, 7) is 15.0. The van der Waals surface area contributed by atoms with E-state index in [-0.39, 0.29) is 5.56 Å². The third-order valence-corrected chi connectivity index (χ3v) is 6.61. The Balaban J connectivity index is 0.000000771. The van der Waals surface area contributed by atoms with Gasteiger partial charge in [-0.1, -0.05) is 58.0 Å². The van der Waals surface area contributed by atoms with Gasteiger partial charge in [0.25, 0.3) is 5.56 Å². The van der Waals surface area contributed by atoms with Gasteiger partial charge in [-0.2, -0.15) is 0 Å². The van der Waals surface area contributed by atoms with Gasteiger partial charge in [0.1, 0.15) is 16.4 Å². The van der Waals surface area contributed by atoms with Crippen LogP contribution >= 0.6 is 11.3 Å². The molecule has 0 unspecified atom stereocenters. The van der Waals surface area contributed by atoms with Gasteiger partial charge in [-0.25, -0.2) is 4.98 Å². The molecule has 0 spiro atoms. The first-order valence-corrected chi connectivity index (χ1v) is 13.1. The first-order chi connectivity index (χ1) is 16.7. The van der Waals surface area contributed by atoms with Crippen LogP contribution in [0.2, 0.25) is 0 Å². The Labute approximate surface area is 206 Å². The third kappa shape index (κ3) is 5.59. The van der Waals surface area contributed by atoms with E-state index in [9.17, 15) is 4.79 Å². The summed E-state index contributed by atoms with van der Waals surface area (Å²) in [5.74, 6) is 1.68. The summed E-state index contributed by atoms with van der Waals surface area (Å²) in [4.78, 5) is 26.0. The standard InChI is InChI=1S/C23H24N4O2S.2C2H6/c1-2-29-18-9-5-4-8-17(18)27-13-11-26(12-14-27)15-20-24-22(28)21-16-7-3-6-10-19(16)30-23(21)25-20;2*1-2/h3-10H,2,11-15H2,1H3,(H,24,25,28);2*1-2H3. The van der Waals surface area contributed by atoms with Crippen LogP contribution in [-0.4, -0.2) is 47.7 Å². The van der Waals surface area contributed by atoms with Crippen molar-refractivity contribution < 1.29 is 4.74 Å². The van der Waals surface area contributed by atoms with Crippen molar-refractivity contribution in [2.45, 2.75) is 41.2 Å². The number of ether oxygens (including phenoxy) is 1. The quantitative estimate of drug-likeness (QED) is 0.385. The average Bonchev–Trinajstić information content (AvgIpc) is 3.26. The molecule has 2 aromatic carbocycles. The molecule has 0 aliphatic carbocycles. The molecule has 182 valence electrons. The van der Waals surface area contributed by atoms with Gasteiger partial charge in [0.15, 0.2) is 0 Å². The molecule has 1 aliphatic heterocycles. The molecule has 0 amide bonds. The summed E-state index contributed by atoms with van der Waals surface area (Å²) in [6.07, 6.45) is 0. The van der Waals surface area contributed by atoms with Crippen LogP contribution in [0.3, 0.4) is 0 Å². The van der Waals surface area contributed by atoms with Gasteiger partial charge in [-0.05, 0) is 25.1 Å². The number of fused-ring (bicyclic) bond motifs is 3. The molecule has 2 aromatic heterocycles. The normalized spacial score (nSPS) is 13.7. The van der Waals surface area contributed by atoms with E-state index >= 15 is 0 Å². The summed E-state index contributed by atoms with van der Waals surface area (Å²) in [5, 5.41) is 1.69. The number of thiophene rings is 1. The maximum Gasteiger partial charge on any atom is 0.260 e. The van der Waals surface area contributed by atoms with Gasteiger partial charge in [0, 0.05) is 36.3 Å². The van der Waals surface area contributed by atoms with Crippen LogP contribution < -0.4 is 15.2 Å². The minimum atomic E-state index is -0.0447. The lowest BCUT2D eigenvalue weighted by molar-refractivity contribution is 0.243. The van der Waals surface area contributed by atoms with Crippen LogP contribution in [0.5, 0.6) is 5.75 Å². The van der Waals surface area contributed by atoms with Crippen LogP contribution in [0.15, 0.2) is 53.3 Å². The maximum absolute atomic E-state index is 12.7. The number of H-pyrrole nitrogens is 1. The van der Waals surface area contributed by atoms with E-state index < -0.39 is 0 Å². The summed E-state index contributed by atoms with van der Waals surface area (Å²) >= 11 is 1.58. The van der Waals surface area contributed by atoms with Crippen molar-refractivity contribution >= 4 is 37.3 Å². The lowest BCUT2D eigenvalue weighted by Crippen LogP contribution is -2.46. The monoisotopic (exact) mass is 480 g/mol. The van der Waals surface area contributed by atoms with Gasteiger partial charge in [0.2, 0.25) is 0 Å². The van der Waals surface area contributed by atoms with Crippen LogP contribution in [0.25, 0.3) is 20.3 Å². The predicted molar refractivity (Wildman–Crippen MR) is 146 cm³/mol. The summed E-state index contributed by atoms with van der Waals surface area (Å²) in [5.41, 5.74) is 1.11. The molecule has 6 nitrogen and oxygen atoms in total. The first-order valence-electron chi connectivity index (χ1n) is 12.3. The van der Waals surface area contributed by atoms with E-state index in [0.717, 1.165) is 58.4 Å². The zero-order valence-electron chi connectivity index (χ0n) is 20.9. The van der Waals surface area contributed by atoms with E-state index in [4.69, 9.17) is 9.72 Å². The van der Waals surface area contributed by atoms with E-state index in [1.165, 1.54) is 0 Å². The van der Waals surface area contributed by atoms with E-state index in [1.54, 1.807) is 11.3 Å². The number of piperazine rings is 1.